The summed E-state index contributed by atoms with van der Waals surface area (Å²) in [5, 5.41) is 2.93. The molecular weight excluding hydrogens is 476 g/mol. The first-order valence-electron chi connectivity index (χ1n) is 13.5. The highest BCUT2D eigenvalue weighted by Crippen LogP contribution is 2.30. The summed E-state index contributed by atoms with van der Waals surface area (Å²) in [6.07, 6.45) is 2.58. The summed E-state index contributed by atoms with van der Waals surface area (Å²) in [6.45, 7) is 9.16. The van der Waals surface area contributed by atoms with Crippen molar-refractivity contribution in [2.75, 3.05) is 13.1 Å². The van der Waals surface area contributed by atoms with Crippen LogP contribution in [0.25, 0.3) is 0 Å². The van der Waals surface area contributed by atoms with E-state index in [1.807, 2.05) is 0 Å². The van der Waals surface area contributed by atoms with Gasteiger partial charge in [-0.15, -0.1) is 0 Å². The van der Waals surface area contributed by atoms with E-state index in [4.69, 9.17) is 22.9 Å². The lowest BCUT2D eigenvalue weighted by Gasteiger charge is -2.33. The molecule has 0 saturated carbocycles. The normalized spacial score (nSPS) is 12.4. The summed E-state index contributed by atoms with van der Waals surface area (Å²) in [6, 6.07) is 15.8. The molecule has 0 fully saturated rings. The first kappa shape index (κ1) is 30.8. The summed E-state index contributed by atoms with van der Waals surface area (Å²) in [7, 11) is 0. The van der Waals surface area contributed by atoms with Crippen LogP contribution >= 0.6 is 0 Å². The third-order valence-electron chi connectivity index (χ3n) is 7.09. The molecule has 2 aromatic carbocycles. The molecule has 38 heavy (non-hydrogen) atoms. The van der Waals surface area contributed by atoms with Crippen molar-refractivity contribution in [3.8, 4) is 0 Å². The number of nitrogens with zero attached hydrogens (tertiary/aromatic N) is 1. The third kappa shape index (κ3) is 9.17. The molecule has 0 heterocycles. The van der Waals surface area contributed by atoms with Crippen LogP contribution in [0.2, 0.25) is 0 Å². The molecule has 8 nitrogen and oxygen atoms in total. The zero-order valence-corrected chi connectivity index (χ0v) is 23.4. The number of aliphatic imine (C=N–C) groups is 1. The molecule has 2 aromatic rings. The number of unbranched alkanes of at least 4 members (excludes halogenated alkanes) is 1. The average molecular weight is 523 g/mol. The second kappa shape index (κ2) is 14.5. The lowest BCUT2D eigenvalue weighted by atomic mass is 9.75. The molecule has 208 valence electrons. The van der Waals surface area contributed by atoms with Gasteiger partial charge in [0.1, 0.15) is 6.04 Å². The lowest BCUT2D eigenvalue weighted by Crippen LogP contribution is -2.54. The topological polar surface area (TPSA) is 163 Å². The largest absolute Gasteiger partial charge is 0.370 e. The van der Waals surface area contributed by atoms with Crippen LogP contribution in [-0.2, 0) is 22.4 Å². The number of nitrogens with one attached hydrogen (secondary N) is 1. The zero-order chi connectivity index (χ0) is 28.3. The Morgan fingerprint density at radius 2 is 1.29 bits per heavy atom. The quantitative estimate of drug-likeness (QED) is 0.138. The fourth-order valence-corrected chi connectivity index (χ4v) is 4.55. The fraction of sp³-hybridized carbons (Fsp3) is 0.500. The second-order valence-electron chi connectivity index (χ2n) is 10.9. The number of carbonyl (C=O) groups excluding carboxylic acids is 2. The van der Waals surface area contributed by atoms with Gasteiger partial charge in [0.15, 0.2) is 5.96 Å². The summed E-state index contributed by atoms with van der Waals surface area (Å²) in [5.74, 6) is 0.00621. The van der Waals surface area contributed by atoms with Gasteiger partial charge in [-0.05, 0) is 66.2 Å². The van der Waals surface area contributed by atoms with Crippen molar-refractivity contribution in [1.82, 2.24) is 5.32 Å². The van der Waals surface area contributed by atoms with Crippen LogP contribution < -0.4 is 28.3 Å². The van der Waals surface area contributed by atoms with Gasteiger partial charge in [0, 0.05) is 13.1 Å². The van der Waals surface area contributed by atoms with Crippen LogP contribution in [0.4, 0.5) is 0 Å². The van der Waals surface area contributed by atoms with Gasteiger partial charge < -0.3 is 28.3 Å². The van der Waals surface area contributed by atoms with E-state index in [-0.39, 0.29) is 18.4 Å². The summed E-state index contributed by atoms with van der Waals surface area (Å²) in [5.41, 5.74) is 26.3. The number of amides is 2. The Morgan fingerprint density at radius 3 is 1.66 bits per heavy atom. The van der Waals surface area contributed by atoms with Crippen LogP contribution in [0.15, 0.2) is 53.5 Å². The molecular formula is C30H46N6O2. The van der Waals surface area contributed by atoms with Gasteiger partial charge >= 0.3 is 0 Å². The van der Waals surface area contributed by atoms with Gasteiger partial charge in [0.25, 0.3) is 0 Å². The molecule has 0 saturated heterocycles. The summed E-state index contributed by atoms with van der Waals surface area (Å²) in [4.78, 5) is 30.1. The van der Waals surface area contributed by atoms with Crippen LogP contribution in [0.5, 0.6) is 0 Å². The first-order valence-corrected chi connectivity index (χ1v) is 13.5. The maximum atomic E-state index is 13.9. The van der Waals surface area contributed by atoms with E-state index in [2.05, 4.69) is 86.5 Å². The maximum Gasteiger partial charge on any atom is 0.239 e. The van der Waals surface area contributed by atoms with Crippen molar-refractivity contribution < 1.29 is 9.59 Å². The van der Waals surface area contributed by atoms with E-state index < -0.39 is 17.4 Å². The minimum absolute atomic E-state index is 0.0281. The Hall–Kier alpha value is -3.39. The Balaban J connectivity index is 2.31. The molecule has 8 heteroatoms. The van der Waals surface area contributed by atoms with Crippen molar-refractivity contribution in [3.63, 3.8) is 0 Å². The van der Waals surface area contributed by atoms with Gasteiger partial charge in [0.05, 0.1) is 5.41 Å². The van der Waals surface area contributed by atoms with Gasteiger partial charge in [-0.1, -0.05) is 76.2 Å². The van der Waals surface area contributed by atoms with E-state index in [0.717, 1.165) is 11.1 Å². The van der Waals surface area contributed by atoms with Gasteiger partial charge in [0.2, 0.25) is 11.8 Å². The fourth-order valence-electron chi connectivity index (χ4n) is 4.55. The van der Waals surface area contributed by atoms with E-state index in [9.17, 15) is 9.59 Å². The molecule has 2 amide bonds. The third-order valence-corrected chi connectivity index (χ3v) is 7.09. The molecule has 0 radical (unpaired) electrons. The molecule has 0 aliphatic carbocycles. The van der Waals surface area contributed by atoms with Crippen LogP contribution in [-0.4, -0.2) is 36.9 Å². The number of primary amides is 1. The van der Waals surface area contributed by atoms with Crippen LogP contribution in [0, 0.1) is 5.41 Å². The highest BCUT2D eigenvalue weighted by Gasteiger charge is 2.39. The highest BCUT2D eigenvalue weighted by molar-refractivity contribution is 5.90. The molecule has 0 aliphatic rings. The van der Waals surface area contributed by atoms with Crippen molar-refractivity contribution in [2.45, 2.75) is 77.7 Å². The smallest absolute Gasteiger partial charge is 0.239 e. The Labute approximate surface area is 227 Å². The number of guanidine groups is 1. The molecule has 2 rings (SSSR count). The van der Waals surface area contributed by atoms with Gasteiger partial charge in [-0.25, -0.2) is 0 Å². The van der Waals surface area contributed by atoms with Crippen LogP contribution in [0.3, 0.4) is 0 Å². The number of benzene rings is 2. The molecule has 1 atom stereocenters. The SMILES string of the molecule is CC(C)c1ccc(CC(CN)(Cc2ccc(C(C)C)cc2)C(=O)N[C@@H](CCCCN=C(N)N)C(N)=O)cc1. The number of hydrogen-bond acceptors (Lipinski definition) is 4. The van der Waals surface area contributed by atoms with E-state index in [1.54, 1.807) is 0 Å². The predicted octanol–water partition coefficient (Wildman–Crippen LogP) is 3.08. The average Bonchev–Trinajstić information content (AvgIpc) is 2.87. The van der Waals surface area contributed by atoms with Crippen molar-refractivity contribution >= 4 is 17.8 Å². The first-order chi connectivity index (χ1) is 18.0. The van der Waals surface area contributed by atoms with Crippen molar-refractivity contribution in [1.29, 1.82) is 0 Å². The molecule has 0 aliphatic heterocycles. The van der Waals surface area contributed by atoms with Crippen molar-refractivity contribution in [3.05, 3.63) is 70.8 Å². The molecule has 0 unspecified atom stereocenters. The monoisotopic (exact) mass is 522 g/mol. The van der Waals surface area contributed by atoms with E-state index >= 15 is 0 Å². The minimum atomic E-state index is -0.954. The Kier molecular flexibility index (Phi) is 11.8. The van der Waals surface area contributed by atoms with E-state index in [0.29, 0.717) is 50.5 Å². The van der Waals surface area contributed by atoms with Gasteiger partial charge in [-0.3, -0.25) is 14.6 Å². The summed E-state index contributed by atoms with van der Waals surface area (Å²) < 4.78 is 0. The molecule has 9 N–H and O–H groups in total. The standard InChI is InChI=1S/C30H46N6O2/c1-20(2)24-12-8-22(9-13-24)17-30(19-31,18-23-10-14-25(15-11-23)21(3)4)28(38)36-26(27(32)37)7-5-6-16-35-29(33)34/h8-15,20-21,26H,5-7,16-19,31H2,1-4H3,(H2,32,37)(H,36,38)(H4,33,34,35)/t26-/m0/s1. The van der Waals surface area contributed by atoms with E-state index in [1.165, 1.54) is 11.1 Å². The number of carbonyl (C=O) groups is 2. The maximum absolute atomic E-state index is 13.9. The van der Waals surface area contributed by atoms with Crippen molar-refractivity contribution in [2.24, 2.45) is 33.3 Å². The minimum Gasteiger partial charge on any atom is -0.370 e. The molecule has 0 bridgehead atoms. The molecule has 0 aromatic heterocycles. The predicted molar refractivity (Wildman–Crippen MR) is 156 cm³/mol. The summed E-state index contributed by atoms with van der Waals surface area (Å²) >= 11 is 0. The number of nitrogens with two attached hydrogens (primary N) is 4. The highest BCUT2D eigenvalue weighted by atomic mass is 16.2. The molecule has 0 spiro atoms. The zero-order valence-electron chi connectivity index (χ0n) is 23.4. The Morgan fingerprint density at radius 1 is 0.816 bits per heavy atom. The second-order valence-corrected chi connectivity index (χ2v) is 10.9. The Bertz CT molecular complexity index is 1000. The van der Waals surface area contributed by atoms with Gasteiger partial charge in [-0.2, -0.15) is 0 Å². The van der Waals surface area contributed by atoms with Crippen LogP contribution in [0.1, 0.15) is 81.0 Å². The number of hydrogen-bond donors (Lipinski definition) is 5. The number of rotatable bonds is 15. The lowest BCUT2D eigenvalue weighted by molar-refractivity contribution is -0.134.